The van der Waals surface area contributed by atoms with Gasteiger partial charge in [-0.2, -0.15) is 0 Å². The number of pyridine rings is 1. The molecule has 0 spiro atoms. The second-order valence-electron chi connectivity index (χ2n) is 10.2. The van der Waals surface area contributed by atoms with Crippen LogP contribution in [0.3, 0.4) is 0 Å². The average Bonchev–Trinajstić information content (AvgIpc) is 3.71. The second-order valence-corrected chi connectivity index (χ2v) is 10.2. The number of ether oxygens (including phenoxy) is 2. The first-order chi connectivity index (χ1) is 18.6. The highest BCUT2D eigenvalue weighted by molar-refractivity contribution is 5.83. The Labute approximate surface area is 218 Å². The third-order valence-electron chi connectivity index (χ3n) is 7.99. The molecule has 2 aliphatic heterocycles. The number of aromatic amines is 1. The number of H-pyrrole nitrogens is 1. The molecule has 1 saturated carbocycles. The van der Waals surface area contributed by atoms with Crippen molar-refractivity contribution in [3.8, 4) is 17.2 Å². The summed E-state index contributed by atoms with van der Waals surface area (Å²) in [5, 5.41) is 23.5. The summed E-state index contributed by atoms with van der Waals surface area (Å²) in [7, 11) is 0. The molecule has 4 aromatic rings. The number of fused-ring (bicyclic) bond motifs is 2. The highest BCUT2D eigenvalue weighted by atomic mass is 16.7. The van der Waals surface area contributed by atoms with Crippen LogP contribution in [0.15, 0.2) is 47.3 Å². The van der Waals surface area contributed by atoms with Gasteiger partial charge in [-0.25, -0.2) is 4.68 Å². The Bertz CT molecular complexity index is 1520. The van der Waals surface area contributed by atoms with Crippen molar-refractivity contribution in [2.24, 2.45) is 0 Å². The van der Waals surface area contributed by atoms with Crippen molar-refractivity contribution in [3.05, 3.63) is 64.2 Å². The van der Waals surface area contributed by atoms with E-state index in [0.29, 0.717) is 28.4 Å². The summed E-state index contributed by atoms with van der Waals surface area (Å²) in [6.07, 6.45) is 4.39. The second kappa shape index (κ2) is 9.32. The maximum absolute atomic E-state index is 13.6. The summed E-state index contributed by atoms with van der Waals surface area (Å²) in [5.41, 5.74) is 2.22. The number of anilines is 1. The van der Waals surface area contributed by atoms with E-state index in [2.05, 4.69) is 30.3 Å². The van der Waals surface area contributed by atoms with E-state index in [1.54, 1.807) is 12.1 Å². The quantitative estimate of drug-likeness (QED) is 0.413. The summed E-state index contributed by atoms with van der Waals surface area (Å²) < 4.78 is 13.0. The SMILES string of the molecule is O=c1[nH]c2cc3c(cc2cc1[C@H](c1nnnn1C1CCCC1)N1CCN(c2ccc(O)cc2)CC1)OCO3. The smallest absolute Gasteiger partial charge is 0.253 e. The minimum atomic E-state index is -0.397. The molecule has 2 fully saturated rings. The summed E-state index contributed by atoms with van der Waals surface area (Å²) in [6.45, 7) is 3.17. The highest BCUT2D eigenvalue weighted by Gasteiger charge is 2.35. The van der Waals surface area contributed by atoms with Crippen LogP contribution in [-0.4, -0.2) is 68.2 Å². The van der Waals surface area contributed by atoms with Crippen LogP contribution in [0.2, 0.25) is 0 Å². The van der Waals surface area contributed by atoms with Crippen molar-refractivity contribution >= 4 is 16.6 Å². The lowest BCUT2D eigenvalue weighted by atomic mass is 10.0. The lowest BCUT2D eigenvalue weighted by Gasteiger charge is -2.39. The number of tetrazole rings is 1. The maximum atomic E-state index is 13.6. The lowest BCUT2D eigenvalue weighted by Crippen LogP contribution is -2.49. The van der Waals surface area contributed by atoms with Crippen molar-refractivity contribution in [2.75, 3.05) is 37.9 Å². The van der Waals surface area contributed by atoms with Gasteiger partial charge in [0, 0.05) is 48.9 Å². The molecule has 7 rings (SSSR count). The van der Waals surface area contributed by atoms with Crippen LogP contribution < -0.4 is 19.9 Å². The molecule has 3 aliphatic rings. The molecule has 11 nitrogen and oxygen atoms in total. The molecule has 0 bridgehead atoms. The topological polar surface area (TPSA) is 122 Å². The minimum absolute atomic E-state index is 0.164. The first-order valence-corrected chi connectivity index (χ1v) is 13.2. The maximum Gasteiger partial charge on any atom is 0.253 e. The lowest BCUT2D eigenvalue weighted by molar-refractivity contribution is 0.174. The summed E-state index contributed by atoms with van der Waals surface area (Å²) >= 11 is 0. The Morgan fingerprint density at radius 2 is 1.71 bits per heavy atom. The van der Waals surface area contributed by atoms with Crippen LogP contribution in [0, 0.1) is 0 Å². The zero-order chi connectivity index (χ0) is 25.6. The predicted molar refractivity (Wildman–Crippen MR) is 140 cm³/mol. The molecule has 38 heavy (non-hydrogen) atoms. The van der Waals surface area contributed by atoms with Gasteiger partial charge in [0.15, 0.2) is 17.3 Å². The summed E-state index contributed by atoms with van der Waals surface area (Å²) in [5.74, 6) is 2.27. The van der Waals surface area contributed by atoms with Gasteiger partial charge < -0.3 is 24.5 Å². The summed E-state index contributed by atoms with van der Waals surface area (Å²) in [4.78, 5) is 21.3. The zero-order valence-electron chi connectivity index (χ0n) is 20.9. The molecule has 4 heterocycles. The van der Waals surface area contributed by atoms with Gasteiger partial charge in [-0.3, -0.25) is 9.69 Å². The molecule has 2 N–H and O–H groups in total. The zero-order valence-corrected chi connectivity index (χ0v) is 20.9. The fraction of sp³-hybridized carbons (Fsp3) is 0.407. The number of phenolic OH excluding ortho intramolecular Hbond substituents is 1. The fourth-order valence-electron chi connectivity index (χ4n) is 6.01. The van der Waals surface area contributed by atoms with Gasteiger partial charge in [-0.15, -0.1) is 5.10 Å². The largest absolute Gasteiger partial charge is 0.508 e. The van der Waals surface area contributed by atoms with E-state index in [9.17, 15) is 9.90 Å². The van der Waals surface area contributed by atoms with Gasteiger partial charge in [0.1, 0.15) is 11.8 Å². The van der Waals surface area contributed by atoms with E-state index in [1.165, 1.54) is 0 Å². The molecule has 0 radical (unpaired) electrons. The average molecular weight is 516 g/mol. The monoisotopic (exact) mass is 515 g/mol. The van der Waals surface area contributed by atoms with Gasteiger partial charge in [0.2, 0.25) is 6.79 Å². The third kappa shape index (κ3) is 4.03. The van der Waals surface area contributed by atoms with E-state index in [4.69, 9.17) is 9.47 Å². The van der Waals surface area contributed by atoms with Crippen LogP contribution in [0.25, 0.3) is 10.9 Å². The number of rotatable bonds is 5. The first kappa shape index (κ1) is 23.0. The van der Waals surface area contributed by atoms with Crippen LogP contribution in [0.5, 0.6) is 17.2 Å². The number of aromatic nitrogens is 5. The number of phenols is 1. The molecule has 1 saturated heterocycles. The molecule has 0 amide bonds. The number of hydrogen-bond acceptors (Lipinski definition) is 9. The molecule has 1 aliphatic carbocycles. The Kier molecular flexibility index (Phi) is 5.65. The Hall–Kier alpha value is -4.12. The standard InChI is InChI=1S/C27H29N7O4/c35-20-7-5-18(6-8-20)32-9-11-33(12-10-32)25(26-29-30-31-34(26)19-3-1-2-4-19)21-13-17-14-23-24(38-16-37-23)15-22(17)28-27(21)36/h5-8,13-15,19,25,35H,1-4,9-12,16H2,(H,28,36)/t25-/m1/s1. The van der Waals surface area contributed by atoms with E-state index in [1.807, 2.05) is 35.0 Å². The van der Waals surface area contributed by atoms with Crippen LogP contribution in [-0.2, 0) is 0 Å². The number of piperazine rings is 1. The summed E-state index contributed by atoms with van der Waals surface area (Å²) in [6, 6.07) is 12.8. The number of nitrogens with one attached hydrogen (secondary N) is 1. The van der Waals surface area contributed by atoms with Gasteiger partial charge >= 0.3 is 0 Å². The van der Waals surface area contributed by atoms with Crippen molar-refractivity contribution in [1.29, 1.82) is 0 Å². The van der Waals surface area contributed by atoms with E-state index < -0.39 is 6.04 Å². The van der Waals surface area contributed by atoms with E-state index >= 15 is 0 Å². The van der Waals surface area contributed by atoms with Crippen molar-refractivity contribution in [1.82, 2.24) is 30.1 Å². The predicted octanol–water partition coefficient (Wildman–Crippen LogP) is 2.98. The number of nitrogens with zero attached hydrogens (tertiary/aromatic N) is 6. The number of hydrogen-bond donors (Lipinski definition) is 2. The van der Waals surface area contributed by atoms with Gasteiger partial charge in [0.05, 0.1) is 11.6 Å². The van der Waals surface area contributed by atoms with E-state index in [-0.39, 0.29) is 24.1 Å². The van der Waals surface area contributed by atoms with Gasteiger partial charge in [0.25, 0.3) is 5.56 Å². The number of aromatic hydroxyl groups is 1. The van der Waals surface area contributed by atoms with Crippen molar-refractivity contribution < 1.29 is 14.6 Å². The van der Waals surface area contributed by atoms with Crippen LogP contribution in [0.1, 0.15) is 49.2 Å². The number of benzene rings is 2. The van der Waals surface area contributed by atoms with Gasteiger partial charge in [-0.1, -0.05) is 12.8 Å². The molecule has 11 heteroatoms. The normalized spacial score (nSPS) is 18.9. The Morgan fingerprint density at radius 3 is 2.47 bits per heavy atom. The third-order valence-corrected chi connectivity index (χ3v) is 7.99. The van der Waals surface area contributed by atoms with E-state index in [0.717, 1.165) is 62.9 Å². The molecule has 196 valence electrons. The molecule has 2 aromatic carbocycles. The van der Waals surface area contributed by atoms with Crippen molar-refractivity contribution in [2.45, 2.75) is 37.8 Å². The van der Waals surface area contributed by atoms with Crippen LogP contribution in [0.4, 0.5) is 5.69 Å². The highest BCUT2D eigenvalue weighted by Crippen LogP contribution is 2.38. The molecule has 2 aromatic heterocycles. The fourth-order valence-corrected chi connectivity index (χ4v) is 6.01. The molecule has 0 unspecified atom stereocenters. The Morgan fingerprint density at radius 1 is 0.974 bits per heavy atom. The minimum Gasteiger partial charge on any atom is -0.508 e. The Balaban J connectivity index is 1.27. The van der Waals surface area contributed by atoms with Gasteiger partial charge in [-0.05, 0) is 59.7 Å². The molecular formula is C27H29N7O4. The van der Waals surface area contributed by atoms with Crippen molar-refractivity contribution in [3.63, 3.8) is 0 Å². The molecular weight excluding hydrogens is 486 g/mol. The first-order valence-electron chi connectivity index (χ1n) is 13.2. The molecule has 1 atom stereocenters. The van der Waals surface area contributed by atoms with Crippen LogP contribution >= 0.6 is 0 Å².